The Labute approximate surface area is 87.2 Å². The monoisotopic (exact) mass is 201 g/mol. The second-order valence-electron chi connectivity index (χ2n) is 4.14. The zero-order chi connectivity index (χ0) is 10.4. The summed E-state index contributed by atoms with van der Waals surface area (Å²) in [6, 6.07) is 0.703. The average Bonchev–Trinajstić information content (AvgIpc) is 2.26. The van der Waals surface area contributed by atoms with Gasteiger partial charge in [-0.05, 0) is 39.7 Å². The van der Waals surface area contributed by atoms with Crippen LogP contribution in [0.5, 0.6) is 0 Å². The third-order valence-electron chi connectivity index (χ3n) is 3.05. The molecule has 1 unspecified atom stereocenters. The lowest BCUT2D eigenvalue weighted by Gasteiger charge is -2.28. The maximum atomic E-state index is 5.78. The summed E-state index contributed by atoms with van der Waals surface area (Å²) in [4.78, 5) is 0. The van der Waals surface area contributed by atoms with Crippen LogP contribution in [0.25, 0.3) is 0 Å². The van der Waals surface area contributed by atoms with E-state index in [4.69, 9.17) is 9.47 Å². The van der Waals surface area contributed by atoms with Crippen molar-refractivity contribution in [2.45, 2.75) is 50.9 Å². The second-order valence-corrected chi connectivity index (χ2v) is 4.14. The lowest BCUT2D eigenvalue weighted by molar-refractivity contribution is -0.0345. The maximum Gasteiger partial charge on any atom is 0.0776 e. The second kappa shape index (κ2) is 6.38. The van der Waals surface area contributed by atoms with Crippen molar-refractivity contribution >= 4 is 0 Å². The minimum atomic E-state index is 0.219. The van der Waals surface area contributed by atoms with Crippen LogP contribution in [0.4, 0.5) is 0 Å². The third-order valence-corrected chi connectivity index (χ3v) is 3.05. The number of methoxy groups -OCH3 is 1. The van der Waals surface area contributed by atoms with Gasteiger partial charge >= 0.3 is 0 Å². The Morgan fingerprint density at radius 2 is 1.93 bits per heavy atom. The minimum Gasteiger partial charge on any atom is -0.379 e. The molecular formula is C11H23NO2. The molecule has 1 atom stereocenters. The Kier molecular flexibility index (Phi) is 5.45. The van der Waals surface area contributed by atoms with Gasteiger partial charge in [0.1, 0.15) is 0 Å². The molecule has 0 heterocycles. The predicted molar refractivity (Wildman–Crippen MR) is 57.5 cm³/mol. The summed E-state index contributed by atoms with van der Waals surface area (Å²) < 4.78 is 10.9. The summed E-state index contributed by atoms with van der Waals surface area (Å²) in [6.45, 7) is 2.77. The van der Waals surface area contributed by atoms with Crippen molar-refractivity contribution in [1.82, 2.24) is 5.32 Å². The molecule has 84 valence electrons. The van der Waals surface area contributed by atoms with Gasteiger partial charge in [-0.2, -0.15) is 0 Å². The first-order chi connectivity index (χ1) is 6.76. The van der Waals surface area contributed by atoms with Crippen molar-refractivity contribution in [3.63, 3.8) is 0 Å². The number of hydrogen-bond donors (Lipinski definition) is 1. The van der Waals surface area contributed by atoms with Crippen molar-refractivity contribution < 1.29 is 9.47 Å². The summed E-state index contributed by atoms with van der Waals surface area (Å²) in [6.07, 6.45) is 5.52. The molecule has 1 aliphatic rings. The Morgan fingerprint density at radius 1 is 1.29 bits per heavy atom. The highest BCUT2D eigenvalue weighted by Crippen LogP contribution is 2.21. The molecule has 14 heavy (non-hydrogen) atoms. The molecule has 3 heteroatoms. The van der Waals surface area contributed by atoms with Gasteiger partial charge in [-0.1, -0.05) is 0 Å². The topological polar surface area (TPSA) is 30.5 Å². The van der Waals surface area contributed by atoms with E-state index in [0.717, 1.165) is 6.61 Å². The van der Waals surface area contributed by atoms with Gasteiger partial charge in [-0.25, -0.2) is 0 Å². The molecule has 1 N–H and O–H groups in total. The number of nitrogens with one attached hydrogen (secondary N) is 1. The van der Waals surface area contributed by atoms with Crippen LogP contribution in [-0.4, -0.2) is 39.0 Å². The summed E-state index contributed by atoms with van der Waals surface area (Å²) in [5, 5.41) is 3.32. The summed E-state index contributed by atoms with van der Waals surface area (Å²) >= 11 is 0. The Bertz CT molecular complexity index is 144. The zero-order valence-corrected chi connectivity index (χ0v) is 9.58. The highest BCUT2D eigenvalue weighted by molar-refractivity contribution is 4.76. The van der Waals surface area contributed by atoms with Crippen molar-refractivity contribution in [1.29, 1.82) is 0 Å². The van der Waals surface area contributed by atoms with Crippen LogP contribution in [0.3, 0.4) is 0 Å². The molecule has 0 saturated heterocycles. The Balaban J connectivity index is 2.10. The van der Waals surface area contributed by atoms with E-state index in [-0.39, 0.29) is 6.10 Å². The molecule has 0 radical (unpaired) electrons. The van der Waals surface area contributed by atoms with Gasteiger partial charge in [0.25, 0.3) is 0 Å². The SMILES string of the molecule is CNC1CCC(OCC(C)OC)CC1. The molecule has 1 rings (SSSR count). The van der Waals surface area contributed by atoms with E-state index in [2.05, 4.69) is 5.32 Å². The zero-order valence-electron chi connectivity index (χ0n) is 9.58. The first-order valence-corrected chi connectivity index (χ1v) is 5.58. The van der Waals surface area contributed by atoms with Crippen molar-refractivity contribution in [2.24, 2.45) is 0 Å². The third kappa shape index (κ3) is 3.95. The standard InChI is InChI=1S/C11H23NO2/c1-9(13-3)8-14-11-6-4-10(12-2)5-7-11/h9-12H,4-8H2,1-3H3. The van der Waals surface area contributed by atoms with Gasteiger partial charge in [-0.3, -0.25) is 0 Å². The van der Waals surface area contributed by atoms with Crippen LogP contribution in [0.15, 0.2) is 0 Å². The fourth-order valence-corrected chi connectivity index (χ4v) is 1.86. The maximum absolute atomic E-state index is 5.78. The number of rotatable bonds is 5. The minimum absolute atomic E-state index is 0.219. The fourth-order valence-electron chi connectivity index (χ4n) is 1.86. The molecular weight excluding hydrogens is 178 g/mol. The molecule has 1 aliphatic carbocycles. The molecule has 0 aromatic heterocycles. The van der Waals surface area contributed by atoms with Gasteiger partial charge in [0.05, 0.1) is 18.8 Å². The van der Waals surface area contributed by atoms with Crippen LogP contribution in [-0.2, 0) is 9.47 Å². The van der Waals surface area contributed by atoms with Gasteiger partial charge in [0, 0.05) is 13.2 Å². The number of ether oxygens (including phenoxy) is 2. The first kappa shape index (κ1) is 12.0. The summed E-state index contributed by atoms with van der Waals surface area (Å²) in [5.74, 6) is 0. The quantitative estimate of drug-likeness (QED) is 0.732. The highest BCUT2D eigenvalue weighted by atomic mass is 16.5. The van der Waals surface area contributed by atoms with Gasteiger partial charge in [0.2, 0.25) is 0 Å². The van der Waals surface area contributed by atoms with E-state index in [1.165, 1.54) is 25.7 Å². The molecule has 0 bridgehead atoms. The van der Waals surface area contributed by atoms with Crippen LogP contribution in [0, 0.1) is 0 Å². The molecule has 0 amide bonds. The van der Waals surface area contributed by atoms with Crippen molar-refractivity contribution in [3.8, 4) is 0 Å². The number of hydrogen-bond acceptors (Lipinski definition) is 3. The molecule has 0 aromatic carbocycles. The Morgan fingerprint density at radius 3 is 2.43 bits per heavy atom. The van der Waals surface area contributed by atoms with Gasteiger partial charge in [-0.15, -0.1) is 0 Å². The average molecular weight is 201 g/mol. The van der Waals surface area contributed by atoms with Crippen LogP contribution in [0.1, 0.15) is 32.6 Å². The first-order valence-electron chi connectivity index (χ1n) is 5.58. The van der Waals surface area contributed by atoms with Gasteiger partial charge in [0.15, 0.2) is 0 Å². The molecule has 1 fully saturated rings. The van der Waals surface area contributed by atoms with E-state index in [9.17, 15) is 0 Å². The fraction of sp³-hybridized carbons (Fsp3) is 1.00. The predicted octanol–water partition coefficient (Wildman–Crippen LogP) is 1.57. The van der Waals surface area contributed by atoms with Crippen molar-refractivity contribution in [2.75, 3.05) is 20.8 Å². The highest BCUT2D eigenvalue weighted by Gasteiger charge is 2.20. The van der Waals surface area contributed by atoms with Gasteiger partial charge < -0.3 is 14.8 Å². The summed E-state index contributed by atoms with van der Waals surface area (Å²) in [5.41, 5.74) is 0. The van der Waals surface area contributed by atoms with Crippen LogP contribution < -0.4 is 5.32 Å². The molecule has 0 aromatic rings. The largest absolute Gasteiger partial charge is 0.379 e. The van der Waals surface area contributed by atoms with E-state index < -0.39 is 0 Å². The molecule has 1 saturated carbocycles. The van der Waals surface area contributed by atoms with E-state index >= 15 is 0 Å². The Hall–Kier alpha value is -0.120. The molecule has 3 nitrogen and oxygen atoms in total. The lowest BCUT2D eigenvalue weighted by Crippen LogP contribution is -2.33. The summed E-state index contributed by atoms with van der Waals surface area (Å²) in [7, 11) is 3.77. The van der Waals surface area contributed by atoms with Crippen molar-refractivity contribution in [3.05, 3.63) is 0 Å². The normalized spacial score (nSPS) is 30.2. The van der Waals surface area contributed by atoms with Crippen LogP contribution >= 0.6 is 0 Å². The molecule has 0 spiro atoms. The molecule has 0 aliphatic heterocycles. The van der Waals surface area contributed by atoms with E-state index in [1.54, 1.807) is 7.11 Å². The van der Waals surface area contributed by atoms with E-state index in [0.29, 0.717) is 12.1 Å². The van der Waals surface area contributed by atoms with E-state index in [1.807, 2.05) is 14.0 Å². The van der Waals surface area contributed by atoms with Crippen LogP contribution in [0.2, 0.25) is 0 Å². The lowest BCUT2D eigenvalue weighted by atomic mass is 9.93. The smallest absolute Gasteiger partial charge is 0.0776 e.